The highest BCUT2D eigenvalue weighted by Crippen LogP contribution is 2.17. The van der Waals surface area contributed by atoms with E-state index in [1.165, 1.54) is 5.56 Å². The Bertz CT molecular complexity index is 530. The maximum absolute atomic E-state index is 4.21. The van der Waals surface area contributed by atoms with Crippen molar-refractivity contribution in [3.05, 3.63) is 46.7 Å². The van der Waals surface area contributed by atoms with E-state index >= 15 is 0 Å². The monoisotopic (exact) mass is 320 g/mol. The van der Waals surface area contributed by atoms with E-state index < -0.39 is 0 Å². The Balaban J connectivity index is 1.98. The fraction of sp³-hybridized carbons (Fsp3) is 0.286. The summed E-state index contributed by atoms with van der Waals surface area (Å²) in [6, 6.07) is 10.1. The summed E-state index contributed by atoms with van der Waals surface area (Å²) >= 11 is 3.53. The van der Waals surface area contributed by atoms with Gasteiger partial charge in [-0.2, -0.15) is 0 Å². The van der Waals surface area contributed by atoms with Crippen LogP contribution >= 0.6 is 15.9 Å². The Morgan fingerprint density at radius 2 is 1.84 bits per heavy atom. The summed E-state index contributed by atoms with van der Waals surface area (Å²) in [5.41, 5.74) is 1.20. The second kappa shape index (κ2) is 7.09. The van der Waals surface area contributed by atoms with Crippen LogP contribution in [0.15, 0.2) is 41.1 Å². The fourth-order valence-electron chi connectivity index (χ4n) is 1.63. The molecule has 0 atom stereocenters. The first-order valence-electron chi connectivity index (χ1n) is 6.33. The van der Waals surface area contributed by atoms with Gasteiger partial charge in [0.2, 0.25) is 0 Å². The zero-order valence-corrected chi connectivity index (χ0v) is 12.4. The van der Waals surface area contributed by atoms with Crippen LogP contribution in [-0.2, 0) is 6.54 Å². The molecule has 100 valence electrons. The molecule has 5 heteroatoms. The van der Waals surface area contributed by atoms with Gasteiger partial charge in [0, 0.05) is 23.6 Å². The van der Waals surface area contributed by atoms with E-state index in [1.807, 2.05) is 24.3 Å². The topological polar surface area (TPSA) is 49.8 Å². The summed E-state index contributed by atoms with van der Waals surface area (Å²) < 4.78 is 1.10. The van der Waals surface area contributed by atoms with Crippen LogP contribution in [0.25, 0.3) is 0 Å². The van der Waals surface area contributed by atoms with Gasteiger partial charge in [-0.3, -0.25) is 0 Å². The van der Waals surface area contributed by atoms with Crippen molar-refractivity contribution in [1.82, 2.24) is 9.97 Å². The van der Waals surface area contributed by atoms with Crippen LogP contribution in [0.4, 0.5) is 11.6 Å². The van der Waals surface area contributed by atoms with E-state index in [0.717, 1.165) is 35.6 Å². The average Bonchev–Trinajstić information content (AvgIpc) is 2.45. The quantitative estimate of drug-likeness (QED) is 0.852. The van der Waals surface area contributed by atoms with Gasteiger partial charge in [0.15, 0.2) is 0 Å². The molecule has 0 aliphatic rings. The molecule has 0 saturated heterocycles. The normalized spacial score (nSPS) is 10.2. The molecule has 0 bridgehead atoms. The molecule has 0 unspecified atom stereocenters. The molecule has 1 aromatic heterocycles. The molecule has 2 rings (SSSR count). The second-order valence-corrected chi connectivity index (χ2v) is 5.01. The number of halogens is 1. The van der Waals surface area contributed by atoms with Gasteiger partial charge in [0.05, 0.1) is 0 Å². The van der Waals surface area contributed by atoms with Crippen molar-refractivity contribution in [2.24, 2.45) is 0 Å². The van der Waals surface area contributed by atoms with Crippen LogP contribution in [0.3, 0.4) is 0 Å². The van der Waals surface area contributed by atoms with Crippen molar-refractivity contribution < 1.29 is 0 Å². The Morgan fingerprint density at radius 1 is 1.11 bits per heavy atom. The lowest BCUT2D eigenvalue weighted by Gasteiger charge is -2.09. The van der Waals surface area contributed by atoms with Gasteiger partial charge in [-0.05, 0) is 18.1 Å². The molecule has 0 radical (unpaired) electrons. The molecule has 0 amide bonds. The lowest BCUT2D eigenvalue weighted by molar-refractivity contribution is 0.963. The van der Waals surface area contributed by atoms with Crippen molar-refractivity contribution in [2.45, 2.75) is 19.9 Å². The molecular weight excluding hydrogens is 304 g/mol. The van der Waals surface area contributed by atoms with Crippen LogP contribution in [0.5, 0.6) is 0 Å². The lowest BCUT2D eigenvalue weighted by atomic mass is 10.2. The minimum absolute atomic E-state index is 0.728. The fourth-order valence-corrected chi connectivity index (χ4v) is 2.06. The van der Waals surface area contributed by atoms with Gasteiger partial charge in [-0.25, -0.2) is 9.97 Å². The van der Waals surface area contributed by atoms with Crippen LogP contribution in [0.2, 0.25) is 0 Å². The molecule has 4 nitrogen and oxygen atoms in total. The van der Waals surface area contributed by atoms with Gasteiger partial charge in [0.25, 0.3) is 0 Å². The number of hydrogen-bond donors (Lipinski definition) is 2. The molecule has 0 saturated carbocycles. The maximum atomic E-state index is 4.21. The summed E-state index contributed by atoms with van der Waals surface area (Å²) in [7, 11) is 0. The first-order chi connectivity index (χ1) is 9.29. The summed E-state index contributed by atoms with van der Waals surface area (Å²) in [6.45, 7) is 3.77. The van der Waals surface area contributed by atoms with Crippen LogP contribution < -0.4 is 10.6 Å². The minimum atomic E-state index is 0.728. The van der Waals surface area contributed by atoms with Crippen molar-refractivity contribution in [2.75, 3.05) is 17.2 Å². The second-order valence-electron chi connectivity index (χ2n) is 4.16. The van der Waals surface area contributed by atoms with Crippen LogP contribution in [0, 0.1) is 0 Å². The van der Waals surface area contributed by atoms with Crippen molar-refractivity contribution in [1.29, 1.82) is 0 Å². The highest BCUT2D eigenvalue weighted by Gasteiger charge is 2.00. The molecule has 0 aliphatic carbocycles. The Morgan fingerprint density at radius 3 is 2.58 bits per heavy atom. The summed E-state index contributed by atoms with van der Waals surface area (Å²) in [5.74, 6) is 1.68. The lowest BCUT2D eigenvalue weighted by Crippen LogP contribution is -2.05. The van der Waals surface area contributed by atoms with Gasteiger partial charge in [-0.15, -0.1) is 0 Å². The summed E-state index contributed by atoms with van der Waals surface area (Å²) in [4.78, 5) is 8.39. The predicted molar refractivity (Wildman–Crippen MR) is 82.3 cm³/mol. The Labute approximate surface area is 121 Å². The highest BCUT2D eigenvalue weighted by molar-refractivity contribution is 9.10. The summed E-state index contributed by atoms with van der Waals surface area (Å²) in [6.07, 6.45) is 2.64. The third-order valence-corrected chi connectivity index (χ3v) is 3.41. The third-order valence-electron chi connectivity index (χ3n) is 2.64. The molecule has 2 N–H and O–H groups in total. The van der Waals surface area contributed by atoms with Crippen molar-refractivity contribution in [3.8, 4) is 0 Å². The third kappa shape index (κ3) is 4.21. The number of nitrogens with zero attached hydrogens (tertiary/aromatic N) is 2. The van der Waals surface area contributed by atoms with Crippen LogP contribution in [-0.4, -0.2) is 16.5 Å². The first-order valence-corrected chi connectivity index (χ1v) is 7.12. The zero-order valence-electron chi connectivity index (χ0n) is 10.9. The number of rotatable bonds is 6. The highest BCUT2D eigenvalue weighted by atomic mass is 79.9. The Hall–Kier alpha value is -1.62. The predicted octanol–water partition coefficient (Wildman–Crippen LogP) is 3.67. The van der Waals surface area contributed by atoms with Crippen LogP contribution in [0.1, 0.15) is 18.9 Å². The van der Waals surface area contributed by atoms with E-state index in [1.54, 1.807) is 6.33 Å². The largest absolute Gasteiger partial charge is 0.370 e. The van der Waals surface area contributed by atoms with Gasteiger partial charge < -0.3 is 10.6 Å². The molecule has 0 spiro atoms. The molecular formula is C14H17BrN4. The Kier molecular flexibility index (Phi) is 5.15. The summed E-state index contributed by atoms with van der Waals surface area (Å²) in [5, 5.41) is 6.54. The van der Waals surface area contributed by atoms with E-state index in [-0.39, 0.29) is 0 Å². The molecule has 0 aliphatic heterocycles. The molecule has 1 heterocycles. The number of aromatic nitrogens is 2. The van der Waals surface area contributed by atoms with Crippen molar-refractivity contribution >= 4 is 27.6 Å². The van der Waals surface area contributed by atoms with Crippen molar-refractivity contribution in [3.63, 3.8) is 0 Å². The first kappa shape index (κ1) is 13.8. The van der Waals surface area contributed by atoms with E-state index in [2.05, 4.69) is 49.5 Å². The molecule has 1 aromatic carbocycles. The number of nitrogens with one attached hydrogen (secondary N) is 2. The number of anilines is 2. The molecule has 0 fully saturated rings. The molecule has 19 heavy (non-hydrogen) atoms. The standard InChI is InChI=1S/C14H17BrN4/c1-2-7-16-13-8-14(19-10-18-13)17-9-11-5-3-4-6-12(11)15/h3-6,8,10H,2,7,9H2,1H3,(H2,16,17,18,19). The maximum Gasteiger partial charge on any atom is 0.131 e. The van der Waals surface area contributed by atoms with Gasteiger partial charge >= 0.3 is 0 Å². The van der Waals surface area contributed by atoms with E-state index in [0.29, 0.717) is 0 Å². The number of hydrogen-bond acceptors (Lipinski definition) is 4. The SMILES string of the molecule is CCCNc1cc(NCc2ccccc2Br)ncn1. The zero-order chi connectivity index (χ0) is 13.5. The van der Waals surface area contributed by atoms with Gasteiger partial charge in [-0.1, -0.05) is 41.1 Å². The number of benzene rings is 1. The average molecular weight is 321 g/mol. The molecule has 2 aromatic rings. The van der Waals surface area contributed by atoms with E-state index in [9.17, 15) is 0 Å². The minimum Gasteiger partial charge on any atom is -0.370 e. The van der Waals surface area contributed by atoms with Gasteiger partial charge in [0.1, 0.15) is 18.0 Å². The van der Waals surface area contributed by atoms with E-state index in [4.69, 9.17) is 0 Å². The smallest absolute Gasteiger partial charge is 0.131 e.